The first-order chi connectivity index (χ1) is 9.45. The molecule has 0 spiro atoms. The number of nitrogens with one attached hydrogen (secondary N) is 2. The number of halogens is 2. The number of nitro groups is 1. The number of hydrogen-bond acceptors (Lipinski definition) is 6. The molecule has 0 aliphatic heterocycles. The molecule has 2 amide bonds. The van der Waals surface area contributed by atoms with Crippen molar-refractivity contribution in [1.82, 2.24) is 10.2 Å². The van der Waals surface area contributed by atoms with E-state index in [1.54, 1.807) is 6.07 Å². The molecule has 2 rings (SSSR count). The van der Waals surface area contributed by atoms with E-state index in [9.17, 15) is 14.9 Å². The molecule has 0 aliphatic rings. The summed E-state index contributed by atoms with van der Waals surface area (Å²) in [5, 5.41) is 22.2. The van der Waals surface area contributed by atoms with E-state index in [-0.39, 0.29) is 10.2 Å². The van der Waals surface area contributed by atoms with Crippen LogP contribution in [0, 0.1) is 10.1 Å². The molecule has 0 radical (unpaired) electrons. The number of nitrogens with zero attached hydrogens (tertiary/aromatic N) is 3. The Morgan fingerprint density at radius 2 is 2.00 bits per heavy atom. The van der Waals surface area contributed by atoms with E-state index in [0.29, 0.717) is 22.0 Å². The van der Waals surface area contributed by atoms with Crippen molar-refractivity contribution < 1.29 is 9.72 Å². The van der Waals surface area contributed by atoms with Crippen LogP contribution in [0.3, 0.4) is 0 Å². The number of rotatable bonds is 3. The molecule has 0 atom stereocenters. The molecule has 0 aliphatic carbocycles. The lowest BCUT2D eigenvalue weighted by atomic mass is 10.3. The minimum atomic E-state index is -0.695. The second-order valence-corrected chi connectivity index (χ2v) is 5.13. The third-order valence-corrected chi connectivity index (χ3v) is 3.50. The average molecular weight is 334 g/mol. The molecule has 104 valence electrons. The van der Waals surface area contributed by atoms with Crippen LogP contribution in [0.1, 0.15) is 0 Å². The Balaban J connectivity index is 2.01. The van der Waals surface area contributed by atoms with Gasteiger partial charge in [-0.3, -0.25) is 5.32 Å². The van der Waals surface area contributed by atoms with Gasteiger partial charge < -0.3 is 15.4 Å². The summed E-state index contributed by atoms with van der Waals surface area (Å²) in [6, 6.07) is 3.91. The van der Waals surface area contributed by atoms with E-state index in [2.05, 4.69) is 20.8 Å². The summed E-state index contributed by atoms with van der Waals surface area (Å²) in [4.78, 5) is 21.4. The Bertz CT molecular complexity index is 677. The van der Waals surface area contributed by atoms with E-state index in [1.807, 2.05) is 0 Å². The highest BCUT2D eigenvalue weighted by Gasteiger charge is 2.16. The van der Waals surface area contributed by atoms with Crippen LogP contribution in [0.4, 0.5) is 20.7 Å². The minimum absolute atomic E-state index is 0.00857. The van der Waals surface area contributed by atoms with Crippen LogP contribution >= 0.6 is 34.5 Å². The van der Waals surface area contributed by atoms with Crippen molar-refractivity contribution in [2.24, 2.45) is 0 Å². The summed E-state index contributed by atoms with van der Waals surface area (Å²) in [6.07, 6.45) is 0. The molecule has 0 saturated heterocycles. The summed E-state index contributed by atoms with van der Waals surface area (Å²) in [6.45, 7) is 0. The molecule has 0 fully saturated rings. The van der Waals surface area contributed by atoms with E-state index < -0.39 is 16.1 Å². The predicted molar refractivity (Wildman–Crippen MR) is 75.7 cm³/mol. The van der Waals surface area contributed by atoms with Gasteiger partial charge in [0.15, 0.2) is 0 Å². The molecule has 1 heterocycles. The van der Waals surface area contributed by atoms with Crippen molar-refractivity contribution in [3.63, 3.8) is 0 Å². The fraction of sp³-hybridized carbons (Fsp3) is 0. The van der Waals surface area contributed by atoms with Gasteiger partial charge >= 0.3 is 11.2 Å². The van der Waals surface area contributed by atoms with Gasteiger partial charge in [-0.1, -0.05) is 23.2 Å². The monoisotopic (exact) mass is 333 g/mol. The Morgan fingerprint density at radius 3 is 2.60 bits per heavy atom. The highest BCUT2D eigenvalue weighted by Crippen LogP contribution is 2.25. The molecule has 1 aromatic carbocycles. The van der Waals surface area contributed by atoms with Crippen LogP contribution in [0.5, 0.6) is 0 Å². The van der Waals surface area contributed by atoms with Gasteiger partial charge in [0.25, 0.3) is 0 Å². The second-order valence-electron chi connectivity index (χ2n) is 3.35. The molecule has 0 unspecified atom stereocenters. The van der Waals surface area contributed by atoms with E-state index in [0.717, 1.165) is 0 Å². The third kappa shape index (κ3) is 3.53. The first-order valence-corrected chi connectivity index (χ1v) is 6.54. The quantitative estimate of drug-likeness (QED) is 0.660. The minimum Gasteiger partial charge on any atom is -0.357 e. The normalized spacial score (nSPS) is 10.1. The molecule has 20 heavy (non-hydrogen) atoms. The standard InChI is InChI=1S/C9H5Cl2N5O3S/c10-5-2-1-4(3-6(5)11)12-7(17)13-8-14-15-9(20-8)16(18)19/h1-3H,(H2,12,13,14,17). The fourth-order valence-electron chi connectivity index (χ4n) is 1.17. The van der Waals surface area contributed by atoms with Gasteiger partial charge in [0, 0.05) is 17.0 Å². The molecule has 1 aromatic heterocycles. The molecule has 0 saturated carbocycles. The summed E-state index contributed by atoms with van der Waals surface area (Å²) in [5.74, 6) is 0. The average Bonchev–Trinajstić information content (AvgIpc) is 2.82. The SMILES string of the molecule is O=C(Nc1ccc(Cl)c(Cl)c1)Nc1nnc([N+](=O)[O-])s1. The number of anilines is 2. The summed E-state index contributed by atoms with van der Waals surface area (Å²) < 4.78 is 0. The number of carbonyl (C=O) groups excluding carboxylic acids is 1. The molecular formula is C9H5Cl2N5O3S. The molecular weight excluding hydrogens is 329 g/mol. The molecule has 8 nitrogen and oxygen atoms in total. The van der Waals surface area contributed by atoms with Gasteiger partial charge in [0.05, 0.1) is 15.1 Å². The van der Waals surface area contributed by atoms with Crippen LogP contribution in [0.15, 0.2) is 18.2 Å². The topological polar surface area (TPSA) is 110 Å². The zero-order valence-electron chi connectivity index (χ0n) is 9.46. The van der Waals surface area contributed by atoms with Crippen molar-refractivity contribution in [3.05, 3.63) is 38.4 Å². The summed E-state index contributed by atoms with van der Waals surface area (Å²) >= 11 is 12.2. The lowest BCUT2D eigenvalue weighted by molar-refractivity contribution is -0.385. The smallest absolute Gasteiger partial charge is 0.357 e. The highest BCUT2D eigenvalue weighted by atomic mass is 35.5. The third-order valence-electron chi connectivity index (χ3n) is 1.97. The van der Waals surface area contributed by atoms with Crippen LogP contribution in [0.25, 0.3) is 0 Å². The number of hydrogen-bond donors (Lipinski definition) is 2. The molecule has 2 aromatic rings. The van der Waals surface area contributed by atoms with Crippen molar-refractivity contribution in [2.45, 2.75) is 0 Å². The zero-order valence-corrected chi connectivity index (χ0v) is 11.8. The molecule has 2 N–H and O–H groups in total. The number of amides is 2. The lowest BCUT2D eigenvalue weighted by Crippen LogP contribution is -2.19. The summed E-state index contributed by atoms with van der Waals surface area (Å²) in [5.41, 5.74) is 0.413. The maximum Gasteiger partial charge on any atom is 0.452 e. The maximum atomic E-state index is 11.6. The number of urea groups is 1. The van der Waals surface area contributed by atoms with Gasteiger partial charge in [-0.05, 0) is 28.2 Å². The van der Waals surface area contributed by atoms with Crippen molar-refractivity contribution in [2.75, 3.05) is 10.6 Å². The Kier molecular flexibility index (Phi) is 4.32. The van der Waals surface area contributed by atoms with E-state index in [4.69, 9.17) is 23.2 Å². The lowest BCUT2D eigenvalue weighted by Gasteiger charge is -2.05. The van der Waals surface area contributed by atoms with Gasteiger partial charge in [0.1, 0.15) is 0 Å². The molecule has 11 heteroatoms. The predicted octanol–water partition coefficient (Wildman–Crippen LogP) is 3.40. The first kappa shape index (κ1) is 14.4. The fourth-order valence-corrected chi connectivity index (χ4v) is 2.03. The van der Waals surface area contributed by atoms with Crippen molar-refractivity contribution in [3.8, 4) is 0 Å². The van der Waals surface area contributed by atoms with Crippen LogP contribution in [0.2, 0.25) is 10.0 Å². The number of benzene rings is 1. The van der Waals surface area contributed by atoms with Crippen LogP contribution in [-0.2, 0) is 0 Å². The maximum absolute atomic E-state index is 11.6. The zero-order chi connectivity index (χ0) is 14.7. The van der Waals surface area contributed by atoms with Crippen LogP contribution in [-0.4, -0.2) is 21.2 Å². The second kappa shape index (κ2) is 5.99. The van der Waals surface area contributed by atoms with E-state index in [1.165, 1.54) is 12.1 Å². The van der Waals surface area contributed by atoms with E-state index >= 15 is 0 Å². The highest BCUT2D eigenvalue weighted by molar-refractivity contribution is 7.18. The van der Waals surface area contributed by atoms with Gasteiger partial charge in [-0.15, -0.1) is 0 Å². The first-order valence-electron chi connectivity index (χ1n) is 4.96. The van der Waals surface area contributed by atoms with Gasteiger partial charge in [-0.2, -0.15) is 0 Å². The Labute approximate surface area is 125 Å². The largest absolute Gasteiger partial charge is 0.452 e. The van der Waals surface area contributed by atoms with Gasteiger partial charge in [0.2, 0.25) is 5.13 Å². The van der Waals surface area contributed by atoms with Crippen molar-refractivity contribution in [1.29, 1.82) is 0 Å². The molecule has 0 bridgehead atoms. The Hall–Kier alpha value is -1.97. The number of aromatic nitrogens is 2. The number of carbonyl (C=O) groups is 1. The van der Waals surface area contributed by atoms with Gasteiger partial charge in [-0.25, -0.2) is 4.79 Å². The van der Waals surface area contributed by atoms with Crippen molar-refractivity contribution >= 4 is 56.5 Å². The summed E-state index contributed by atoms with van der Waals surface area (Å²) in [7, 11) is 0. The van der Waals surface area contributed by atoms with Crippen LogP contribution < -0.4 is 10.6 Å². The Morgan fingerprint density at radius 1 is 1.25 bits per heavy atom.